The fourth-order valence-corrected chi connectivity index (χ4v) is 4.57. The quantitative estimate of drug-likeness (QED) is 0.635. The lowest BCUT2D eigenvalue weighted by atomic mass is 9.97. The second-order valence-corrected chi connectivity index (χ2v) is 8.38. The highest BCUT2D eigenvalue weighted by molar-refractivity contribution is 9.10. The molecule has 3 aromatic rings. The summed E-state index contributed by atoms with van der Waals surface area (Å²) in [4.78, 5) is 19.5. The van der Waals surface area contributed by atoms with Crippen molar-refractivity contribution in [2.24, 2.45) is 0 Å². The first-order valence-electron chi connectivity index (χ1n) is 9.45. The number of hydrogen-bond acceptors (Lipinski definition) is 5. The second kappa shape index (κ2) is 7.09. The van der Waals surface area contributed by atoms with E-state index in [1.165, 1.54) is 0 Å². The van der Waals surface area contributed by atoms with Crippen LogP contribution in [0.1, 0.15) is 38.7 Å². The fourth-order valence-electron chi connectivity index (χ4n) is 4.16. The minimum Gasteiger partial charge on any atom is -0.383 e. The Kier molecular flexibility index (Phi) is 4.53. The average Bonchev–Trinajstić information content (AvgIpc) is 3.23. The van der Waals surface area contributed by atoms with Crippen molar-refractivity contribution in [3.63, 3.8) is 0 Å². The Bertz CT molecular complexity index is 1150. The Morgan fingerprint density at radius 3 is 2.83 bits per heavy atom. The summed E-state index contributed by atoms with van der Waals surface area (Å²) in [6, 6.07) is 11.6. The van der Waals surface area contributed by atoms with Crippen molar-refractivity contribution in [2.75, 3.05) is 19.4 Å². The van der Waals surface area contributed by atoms with Crippen LogP contribution in [0.25, 0.3) is 10.9 Å². The molecule has 2 aliphatic rings. The van der Waals surface area contributed by atoms with Crippen molar-refractivity contribution in [3.8, 4) is 0 Å². The first kappa shape index (κ1) is 18.5. The molecule has 7 heteroatoms. The molecule has 3 heterocycles. The van der Waals surface area contributed by atoms with Crippen LogP contribution in [-0.2, 0) is 29.3 Å². The molecule has 0 spiro atoms. The van der Waals surface area contributed by atoms with Gasteiger partial charge in [0.15, 0.2) is 0 Å². The molecular formula is C22H20BrN3O3. The molecule has 0 saturated heterocycles. The van der Waals surface area contributed by atoms with E-state index in [4.69, 9.17) is 15.2 Å². The van der Waals surface area contributed by atoms with Crippen LogP contribution < -0.4 is 5.73 Å². The van der Waals surface area contributed by atoms with Crippen LogP contribution in [0.4, 0.5) is 5.82 Å². The van der Waals surface area contributed by atoms with Crippen molar-refractivity contribution in [1.29, 1.82) is 0 Å². The van der Waals surface area contributed by atoms with Gasteiger partial charge in [0.05, 0.1) is 38.0 Å². The van der Waals surface area contributed by atoms with Gasteiger partial charge < -0.3 is 20.1 Å². The average molecular weight is 454 g/mol. The van der Waals surface area contributed by atoms with Gasteiger partial charge in [-0.15, -0.1) is 0 Å². The van der Waals surface area contributed by atoms with E-state index in [1.807, 2.05) is 31.3 Å². The minimum atomic E-state index is -0.131. The van der Waals surface area contributed by atoms with Crippen LogP contribution in [0, 0.1) is 0 Å². The Morgan fingerprint density at radius 1 is 1.14 bits per heavy atom. The number of ether oxygens (including phenoxy) is 2. The summed E-state index contributed by atoms with van der Waals surface area (Å²) in [7, 11) is 1.83. The van der Waals surface area contributed by atoms with Crippen LogP contribution >= 0.6 is 15.9 Å². The van der Waals surface area contributed by atoms with Gasteiger partial charge in [-0.3, -0.25) is 4.79 Å². The van der Waals surface area contributed by atoms with E-state index in [9.17, 15) is 4.79 Å². The molecule has 2 N–H and O–H groups in total. The molecule has 148 valence electrons. The van der Waals surface area contributed by atoms with Gasteiger partial charge in [0.2, 0.25) is 0 Å². The summed E-state index contributed by atoms with van der Waals surface area (Å²) in [5, 5.41) is 0.926. The van der Waals surface area contributed by atoms with Crippen molar-refractivity contribution in [3.05, 3.63) is 68.7 Å². The maximum atomic E-state index is 13.3. The zero-order valence-electron chi connectivity index (χ0n) is 15.9. The normalized spacial score (nSPS) is 17.8. The van der Waals surface area contributed by atoms with Crippen molar-refractivity contribution in [2.45, 2.75) is 25.9 Å². The number of amides is 1. The Hall–Kier alpha value is -2.48. The van der Waals surface area contributed by atoms with Crippen molar-refractivity contribution in [1.82, 2.24) is 9.88 Å². The number of likely N-dealkylation sites (N-methyl/N-ethyl adjacent to an activating group) is 1. The third-order valence-electron chi connectivity index (χ3n) is 5.76. The zero-order valence-corrected chi connectivity index (χ0v) is 17.5. The number of carbonyl (C=O) groups is 1. The SMILES string of the molecule is CN(C(=O)c1ccc2nc(N)c3c(c2c1)COC3)[C@@H]1COCc2cc(Br)ccc21. The molecule has 2 aromatic carbocycles. The number of nitrogens with zero attached hydrogens (tertiary/aromatic N) is 2. The van der Waals surface area contributed by atoms with Crippen LogP contribution in [-0.4, -0.2) is 29.4 Å². The van der Waals surface area contributed by atoms with Crippen LogP contribution in [0.15, 0.2) is 40.9 Å². The third kappa shape index (κ3) is 3.10. The molecule has 2 aliphatic heterocycles. The maximum Gasteiger partial charge on any atom is 0.254 e. The lowest BCUT2D eigenvalue weighted by Crippen LogP contribution is -2.36. The number of nitrogen functional groups attached to an aromatic ring is 1. The molecule has 0 radical (unpaired) electrons. The van der Waals surface area contributed by atoms with Crippen LogP contribution in [0.2, 0.25) is 0 Å². The van der Waals surface area contributed by atoms with Crippen molar-refractivity contribution < 1.29 is 14.3 Å². The van der Waals surface area contributed by atoms with E-state index in [-0.39, 0.29) is 11.9 Å². The lowest BCUT2D eigenvalue weighted by Gasteiger charge is -2.33. The summed E-state index contributed by atoms with van der Waals surface area (Å²) in [5.74, 6) is 0.448. The third-order valence-corrected chi connectivity index (χ3v) is 6.25. The Balaban J connectivity index is 1.51. The first-order chi connectivity index (χ1) is 14.0. The molecule has 0 unspecified atom stereocenters. The van der Waals surface area contributed by atoms with Gasteiger partial charge in [0.1, 0.15) is 5.82 Å². The molecular weight excluding hydrogens is 434 g/mol. The number of pyridine rings is 1. The maximum absolute atomic E-state index is 13.3. The van der Waals surface area contributed by atoms with Gasteiger partial charge >= 0.3 is 0 Å². The van der Waals surface area contributed by atoms with Crippen LogP contribution in [0.3, 0.4) is 0 Å². The standard InChI is InChI=1S/C22H20BrN3O3/c1-26(20-11-28-8-13-6-14(23)3-4-15(13)20)22(27)12-2-5-19-16(7-12)17-9-29-10-18(17)21(24)25-19/h2-7,20H,8-11H2,1H3,(H2,24,25)/t20-/m1/s1. The van der Waals surface area contributed by atoms with E-state index in [0.29, 0.717) is 37.8 Å². The summed E-state index contributed by atoms with van der Waals surface area (Å²) < 4.78 is 12.3. The summed E-state index contributed by atoms with van der Waals surface area (Å²) in [6.45, 7) is 1.99. The molecule has 1 atom stereocenters. The van der Waals surface area contributed by atoms with E-state index in [0.717, 1.165) is 37.6 Å². The van der Waals surface area contributed by atoms with E-state index in [1.54, 1.807) is 4.90 Å². The zero-order chi connectivity index (χ0) is 20.1. The van der Waals surface area contributed by atoms with Gasteiger partial charge in [0.25, 0.3) is 5.91 Å². The number of anilines is 1. The fraction of sp³-hybridized carbons (Fsp3) is 0.273. The molecule has 0 fully saturated rings. The molecule has 0 bridgehead atoms. The number of carbonyl (C=O) groups excluding carboxylic acids is 1. The van der Waals surface area contributed by atoms with E-state index in [2.05, 4.69) is 33.0 Å². The number of nitrogens with two attached hydrogens (primary N) is 1. The first-order valence-corrected chi connectivity index (χ1v) is 10.2. The highest BCUT2D eigenvalue weighted by Crippen LogP contribution is 2.34. The monoisotopic (exact) mass is 453 g/mol. The minimum absolute atomic E-state index is 0.0549. The number of halogens is 1. The predicted octanol–water partition coefficient (Wildman–Crippen LogP) is 3.95. The molecule has 6 nitrogen and oxygen atoms in total. The number of aromatic nitrogens is 1. The smallest absolute Gasteiger partial charge is 0.254 e. The van der Waals surface area contributed by atoms with E-state index < -0.39 is 0 Å². The summed E-state index contributed by atoms with van der Waals surface area (Å²) in [5.41, 5.74) is 11.6. The number of hydrogen-bond donors (Lipinski definition) is 1. The summed E-state index contributed by atoms with van der Waals surface area (Å²) >= 11 is 3.50. The van der Waals surface area contributed by atoms with E-state index >= 15 is 0 Å². The van der Waals surface area contributed by atoms with Gasteiger partial charge in [-0.25, -0.2) is 4.98 Å². The lowest BCUT2D eigenvalue weighted by molar-refractivity contribution is 0.0346. The van der Waals surface area contributed by atoms with Gasteiger partial charge in [-0.05, 0) is 47.0 Å². The van der Waals surface area contributed by atoms with Crippen LogP contribution in [0.5, 0.6) is 0 Å². The number of benzene rings is 2. The second-order valence-electron chi connectivity index (χ2n) is 7.47. The molecule has 0 saturated carbocycles. The largest absolute Gasteiger partial charge is 0.383 e. The number of rotatable bonds is 2. The topological polar surface area (TPSA) is 77.7 Å². The Morgan fingerprint density at radius 2 is 1.97 bits per heavy atom. The molecule has 1 amide bonds. The highest BCUT2D eigenvalue weighted by atomic mass is 79.9. The van der Waals surface area contributed by atoms with Crippen molar-refractivity contribution >= 4 is 38.6 Å². The summed E-state index contributed by atoms with van der Waals surface area (Å²) in [6.07, 6.45) is 0. The molecule has 1 aromatic heterocycles. The Labute approximate surface area is 176 Å². The molecule has 29 heavy (non-hydrogen) atoms. The molecule has 5 rings (SSSR count). The molecule has 0 aliphatic carbocycles. The van der Waals surface area contributed by atoms with Gasteiger partial charge in [-0.2, -0.15) is 0 Å². The van der Waals surface area contributed by atoms with Gasteiger partial charge in [-0.1, -0.05) is 22.0 Å². The van der Waals surface area contributed by atoms with Gasteiger partial charge in [0, 0.05) is 28.0 Å². The predicted molar refractivity (Wildman–Crippen MR) is 113 cm³/mol. The highest BCUT2D eigenvalue weighted by Gasteiger charge is 2.29. The number of fused-ring (bicyclic) bond motifs is 4.